The van der Waals surface area contributed by atoms with E-state index in [1.54, 1.807) is 0 Å². The topological polar surface area (TPSA) is 12.0 Å². The molecule has 1 heterocycles. The molecule has 1 aromatic carbocycles. The second kappa shape index (κ2) is 5.46. The zero-order valence-electron chi connectivity index (χ0n) is 9.79. The highest BCUT2D eigenvalue weighted by Crippen LogP contribution is 2.30. The van der Waals surface area contributed by atoms with Gasteiger partial charge in [-0.05, 0) is 43.2 Å². The van der Waals surface area contributed by atoms with Gasteiger partial charge >= 0.3 is 0 Å². The number of anilines is 1. The summed E-state index contributed by atoms with van der Waals surface area (Å²) < 4.78 is 1.19. The van der Waals surface area contributed by atoms with E-state index in [1.807, 2.05) is 0 Å². The molecular weight excluding hydrogens is 282 g/mol. The van der Waals surface area contributed by atoms with Crippen LogP contribution in [-0.4, -0.2) is 17.0 Å². The van der Waals surface area contributed by atoms with Crippen LogP contribution in [0.3, 0.4) is 0 Å². The van der Waals surface area contributed by atoms with Gasteiger partial charge in [0, 0.05) is 21.5 Å². The molecule has 1 N–H and O–H groups in total. The molecule has 0 bridgehead atoms. The van der Waals surface area contributed by atoms with E-state index in [1.165, 1.54) is 34.3 Å². The molecule has 1 saturated heterocycles. The fourth-order valence-corrected chi connectivity index (χ4v) is 3.58. The van der Waals surface area contributed by atoms with Gasteiger partial charge in [0.05, 0.1) is 0 Å². The van der Waals surface area contributed by atoms with Gasteiger partial charge in [-0.3, -0.25) is 0 Å². The van der Waals surface area contributed by atoms with Crippen molar-refractivity contribution in [2.45, 2.75) is 38.0 Å². The van der Waals surface area contributed by atoms with Crippen molar-refractivity contribution in [3.8, 4) is 0 Å². The maximum absolute atomic E-state index is 3.69. The van der Waals surface area contributed by atoms with Crippen LogP contribution in [-0.2, 0) is 0 Å². The number of rotatable bonds is 2. The molecule has 0 saturated carbocycles. The number of nitrogens with one attached hydrogen (secondary N) is 1. The molecule has 1 nitrogen and oxygen atoms in total. The lowest BCUT2D eigenvalue weighted by Crippen LogP contribution is -2.33. The van der Waals surface area contributed by atoms with E-state index in [0.717, 1.165) is 0 Å². The van der Waals surface area contributed by atoms with Crippen LogP contribution >= 0.6 is 27.7 Å². The zero-order chi connectivity index (χ0) is 11.5. The molecule has 1 aromatic rings. The van der Waals surface area contributed by atoms with Crippen molar-refractivity contribution in [1.82, 2.24) is 0 Å². The van der Waals surface area contributed by atoms with Crippen molar-refractivity contribution in [2.24, 2.45) is 0 Å². The Morgan fingerprint density at radius 1 is 1.44 bits per heavy atom. The minimum atomic E-state index is 0.617. The first-order valence-electron chi connectivity index (χ1n) is 5.81. The van der Waals surface area contributed by atoms with Crippen LogP contribution in [0, 0.1) is 6.92 Å². The Kier molecular flexibility index (Phi) is 4.20. The summed E-state index contributed by atoms with van der Waals surface area (Å²) in [5.41, 5.74) is 2.58. The van der Waals surface area contributed by atoms with Crippen LogP contribution in [0.15, 0.2) is 22.7 Å². The van der Waals surface area contributed by atoms with Gasteiger partial charge in [-0.15, -0.1) is 0 Å². The molecule has 2 atom stereocenters. The van der Waals surface area contributed by atoms with E-state index >= 15 is 0 Å². The third-order valence-electron chi connectivity index (χ3n) is 3.22. The summed E-state index contributed by atoms with van der Waals surface area (Å²) in [7, 11) is 0. The number of thioether (sulfide) groups is 1. The normalized spacial score (nSPS) is 25.4. The van der Waals surface area contributed by atoms with E-state index in [2.05, 4.69) is 65.1 Å². The Bertz CT molecular complexity index is 367. The lowest BCUT2D eigenvalue weighted by Gasteiger charge is -2.30. The smallest absolute Gasteiger partial charge is 0.0383 e. The Morgan fingerprint density at radius 3 is 3.00 bits per heavy atom. The Hall–Kier alpha value is -0.150. The first-order chi connectivity index (χ1) is 7.68. The maximum atomic E-state index is 3.69. The fourth-order valence-electron chi connectivity index (χ4n) is 2.08. The van der Waals surface area contributed by atoms with Crippen molar-refractivity contribution >= 4 is 33.4 Å². The monoisotopic (exact) mass is 299 g/mol. The molecule has 16 heavy (non-hydrogen) atoms. The summed E-state index contributed by atoms with van der Waals surface area (Å²) in [6, 6.07) is 6.98. The van der Waals surface area contributed by atoms with Crippen molar-refractivity contribution in [1.29, 1.82) is 0 Å². The van der Waals surface area contributed by atoms with Crippen molar-refractivity contribution < 1.29 is 0 Å². The van der Waals surface area contributed by atoms with Crippen LogP contribution in [0.1, 0.15) is 25.3 Å². The molecule has 0 aromatic heterocycles. The van der Waals surface area contributed by atoms with Crippen LogP contribution in [0.5, 0.6) is 0 Å². The average molecular weight is 300 g/mol. The standard InChI is InChI=1S/C13H18BrNS/c1-9-11(14)5-3-6-12(9)15-13-7-4-8-16-10(13)2/h3,5-6,10,13,15H,4,7-8H2,1-2H3. The Labute approximate surface area is 111 Å². The summed E-state index contributed by atoms with van der Waals surface area (Å²) >= 11 is 5.66. The van der Waals surface area contributed by atoms with Gasteiger partial charge in [0.25, 0.3) is 0 Å². The second-order valence-electron chi connectivity index (χ2n) is 4.38. The molecule has 0 spiro atoms. The number of benzene rings is 1. The molecule has 3 heteroatoms. The maximum Gasteiger partial charge on any atom is 0.0383 e. The lowest BCUT2D eigenvalue weighted by atomic mass is 10.1. The lowest BCUT2D eigenvalue weighted by molar-refractivity contribution is 0.617. The molecule has 1 aliphatic heterocycles. The van der Waals surface area contributed by atoms with E-state index in [9.17, 15) is 0 Å². The number of halogens is 1. The zero-order valence-corrected chi connectivity index (χ0v) is 12.2. The summed E-state index contributed by atoms with van der Waals surface area (Å²) in [4.78, 5) is 0. The quantitative estimate of drug-likeness (QED) is 0.866. The van der Waals surface area contributed by atoms with Crippen molar-refractivity contribution in [3.63, 3.8) is 0 Å². The van der Waals surface area contributed by atoms with Gasteiger partial charge in [0.1, 0.15) is 0 Å². The van der Waals surface area contributed by atoms with Gasteiger partial charge in [0.2, 0.25) is 0 Å². The van der Waals surface area contributed by atoms with Gasteiger partial charge < -0.3 is 5.32 Å². The molecule has 2 unspecified atom stereocenters. The second-order valence-corrected chi connectivity index (χ2v) is 6.72. The predicted molar refractivity (Wildman–Crippen MR) is 77.4 cm³/mol. The van der Waals surface area contributed by atoms with Gasteiger partial charge in [-0.2, -0.15) is 11.8 Å². The Morgan fingerprint density at radius 2 is 2.25 bits per heavy atom. The van der Waals surface area contributed by atoms with Crippen LogP contribution in [0.2, 0.25) is 0 Å². The highest BCUT2D eigenvalue weighted by molar-refractivity contribution is 9.10. The van der Waals surface area contributed by atoms with Gasteiger partial charge in [-0.1, -0.05) is 28.9 Å². The highest BCUT2D eigenvalue weighted by atomic mass is 79.9. The third-order valence-corrected chi connectivity index (χ3v) is 5.45. The first-order valence-corrected chi connectivity index (χ1v) is 7.66. The highest BCUT2D eigenvalue weighted by Gasteiger charge is 2.21. The summed E-state index contributed by atoms with van der Waals surface area (Å²) in [6.45, 7) is 4.49. The summed E-state index contributed by atoms with van der Waals surface area (Å²) in [6.07, 6.45) is 2.62. The van der Waals surface area contributed by atoms with E-state index in [0.29, 0.717) is 11.3 Å². The van der Waals surface area contributed by atoms with Gasteiger partial charge in [0.15, 0.2) is 0 Å². The molecule has 1 aliphatic rings. The fraction of sp³-hybridized carbons (Fsp3) is 0.538. The predicted octanol–water partition coefficient (Wildman–Crippen LogP) is 4.45. The summed E-state index contributed by atoms with van der Waals surface area (Å²) in [5.74, 6) is 1.32. The SMILES string of the molecule is Cc1c(Br)cccc1NC1CCCSC1C. The van der Waals surface area contributed by atoms with Crippen molar-refractivity contribution in [2.75, 3.05) is 11.1 Å². The van der Waals surface area contributed by atoms with Crippen LogP contribution in [0.4, 0.5) is 5.69 Å². The third kappa shape index (κ3) is 2.75. The molecule has 0 radical (unpaired) electrons. The molecule has 0 aliphatic carbocycles. The van der Waals surface area contributed by atoms with E-state index < -0.39 is 0 Å². The number of hydrogen-bond donors (Lipinski definition) is 1. The van der Waals surface area contributed by atoms with Crippen LogP contribution in [0.25, 0.3) is 0 Å². The minimum absolute atomic E-state index is 0.617. The number of hydrogen-bond acceptors (Lipinski definition) is 2. The molecule has 2 rings (SSSR count). The average Bonchev–Trinajstić information content (AvgIpc) is 2.28. The largest absolute Gasteiger partial charge is 0.381 e. The van der Waals surface area contributed by atoms with Gasteiger partial charge in [-0.25, -0.2) is 0 Å². The molecule has 1 fully saturated rings. The minimum Gasteiger partial charge on any atom is -0.381 e. The summed E-state index contributed by atoms with van der Waals surface area (Å²) in [5, 5.41) is 4.40. The molecular formula is C13H18BrNS. The first kappa shape index (κ1) is 12.3. The van der Waals surface area contributed by atoms with E-state index in [4.69, 9.17) is 0 Å². The van der Waals surface area contributed by atoms with E-state index in [-0.39, 0.29) is 0 Å². The van der Waals surface area contributed by atoms with Crippen LogP contribution < -0.4 is 5.32 Å². The van der Waals surface area contributed by atoms with Crippen molar-refractivity contribution in [3.05, 3.63) is 28.2 Å². The molecule has 88 valence electrons. The Balaban J connectivity index is 2.10. The molecule has 0 amide bonds.